The minimum absolute atomic E-state index is 0.0612. The molecule has 0 fully saturated rings. The molecule has 0 unspecified atom stereocenters. The Balaban J connectivity index is 2.75. The second-order valence-corrected chi connectivity index (χ2v) is 3.89. The van der Waals surface area contributed by atoms with Crippen molar-refractivity contribution in [1.82, 2.24) is 0 Å². The lowest BCUT2D eigenvalue weighted by Crippen LogP contribution is -2.09. The summed E-state index contributed by atoms with van der Waals surface area (Å²) in [6.07, 6.45) is 3.74. The van der Waals surface area contributed by atoms with E-state index in [1.165, 1.54) is 0 Å². The summed E-state index contributed by atoms with van der Waals surface area (Å²) in [5.74, 6) is 0. The topological polar surface area (TPSA) is 26.0 Å². The molecule has 0 spiro atoms. The summed E-state index contributed by atoms with van der Waals surface area (Å²) in [7, 11) is 0. The number of allylic oxidation sites excluding steroid dienone is 1. The molecule has 2 N–H and O–H groups in total. The molecule has 0 bridgehead atoms. The van der Waals surface area contributed by atoms with Gasteiger partial charge in [-0.2, -0.15) is 0 Å². The van der Waals surface area contributed by atoms with Gasteiger partial charge in [-0.05, 0) is 37.0 Å². The SMILES string of the molecule is C=CCC[C@@H](N)c1ccc(C)c(Cl)c1. The van der Waals surface area contributed by atoms with Crippen molar-refractivity contribution in [1.29, 1.82) is 0 Å². The molecular weight excluding hydrogens is 194 g/mol. The molecule has 1 rings (SSSR count). The van der Waals surface area contributed by atoms with E-state index in [0.717, 1.165) is 29.0 Å². The van der Waals surface area contributed by atoms with Gasteiger partial charge in [0.2, 0.25) is 0 Å². The third kappa shape index (κ3) is 2.86. The third-order valence-corrected chi connectivity index (χ3v) is 2.71. The lowest BCUT2D eigenvalue weighted by molar-refractivity contribution is 0.661. The molecule has 0 radical (unpaired) electrons. The molecule has 1 aromatic carbocycles. The fourth-order valence-electron chi connectivity index (χ4n) is 1.30. The van der Waals surface area contributed by atoms with Crippen molar-refractivity contribution in [2.24, 2.45) is 5.73 Å². The van der Waals surface area contributed by atoms with Gasteiger partial charge in [0.15, 0.2) is 0 Å². The Morgan fingerprint density at radius 2 is 2.29 bits per heavy atom. The van der Waals surface area contributed by atoms with Crippen molar-refractivity contribution in [3.63, 3.8) is 0 Å². The summed E-state index contributed by atoms with van der Waals surface area (Å²) < 4.78 is 0. The third-order valence-electron chi connectivity index (χ3n) is 2.31. The molecule has 14 heavy (non-hydrogen) atoms. The van der Waals surface area contributed by atoms with Crippen LogP contribution in [-0.4, -0.2) is 0 Å². The maximum absolute atomic E-state index is 6.02. The van der Waals surface area contributed by atoms with Crippen LogP contribution in [0.1, 0.15) is 30.0 Å². The van der Waals surface area contributed by atoms with Crippen molar-refractivity contribution in [3.8, 4) is 0 Å². The highest BCUT2D eigenvalue weighted by Gasteiger charge is 2.06. The van der Waals surface area contributed by atoms with Crippen LogP contribution in [-0.2, 0) is 0 Å². The van der Waals surface area contributed by atoms with E-state index in [9.17, 15) is 0 Å². The van der Waals surface area contributed by atoms with Crippen LogP contribution in [0.2, 0.25) is 5.02 Å². The van der Waals surface area contributed by atoms with Gasteiger partial charge in [0.25, 0.3) is 0 Å². The average Bonchev–Trinajstić information content (AvgIpc) is 2.18. The summed E-state index contributed by atoms with van der Waals surface area (Å²) in [6.45, 7) is 5.66. The van der Waals surface area contributed by atoms with Gasteiger partial charge in [-0.1, -0.05) is 29.8 Å². The monoisotopic (exact) mass is 209 g/mol. The van der Waals surface area contributed by atoms with Crippen molar-refractivity contribution < 1.29 is 0 Å². The van der Waals surface area contributed by atoms with Crippen LogP contribution in [0.4, 0.5) is 0 Å². The molecule has 0 aliphatic heterocycles. The van der Waals surface area contributed by atoms with Crippen LogP contribution in [0.25, 0.3) is 0 Å². The quantitative estimate of drug-likeness (QED) is 0.754. The van der Waals surface area contributed by atoms with E-state index in [4.69, 9.17) is 17.3 Å². The maximum atomic E-state index is 6.02. The predicted octanol–water partition coefficient (Wildman–Crippen LogP) is 3.61. The Labute approximate surface area is 90.6 Å². The number of aryl methyl sites for hydroxylation is 1. The van der Waals surface area contributed by atoms with Gasteiger partial charge >= 0.3 is 0 Å². The van der Waals surface area contributed by atoms with Crippen LogP contribution in [0, 0.1) is 6.92 Å². The smallest absolute Gasteiger partial charge is 0.0438 e. The van der Waals surface area contributed by atoms with Crippen LogP contribution in [0.5, 0.6) is 0 Å². The van der Waals surface area contributed by atoms with Gasteiger partial charge in [0, 0.05) is 11.1 Å². The second kappa shape index (κ2) is 5.18. The number of nitrogens with two attached hydrogens (primary N) is 1. The number of hydrogen-bond donors (Lipinski definition) is 1. The fourth-order valence-corrected chi connectivity index (χ4v) is 1.49. The molecule has 76 valence electrons. The van der Waals surface area contributed by atoms with Gasteiger partial charge < -0.3 is 5.73 Å². The fraction of sp³-hybridized carbons (Fsp3) is 0.333. The van der Waals surface area contributed by atoms with Gasteiger partial charge in [-0.15, -0.1) is 6.58 Å². The highest BCUT2D eigenvalue weighted by Crippen LogP contribution is 2.22. The maximum Gasteiger partial charge on any atom is 0.0438 e. The molecule has 0 aliphatic rings. The van der Waals surface area contributed by atoms with Gasteiger partial charge in [0.05, 0.1) is 0 Å². The Morgan fingerprint density at radius 3 is 2.86 bits per heavy atom. The second-order valence-electron chi connectivity index (χ2n) is 3.48. The van der Waals surface area contributed by atoms with Crippen LogP contribution in [0.15, 0.2) is 30.9 Å². The lowest BCUT2D eigenvalue weighted by Gasteiger charge is -2.11. The van der Waals surface area contributed by atoms with E-state index in [2.05, 4.69) is 6.58 Å². The molecule has 0 heterocycles. The summed E-state index contributed by atoms with van der Waals surface area (Å²) in [4.78, 5) is 0. The minimum Gasteiger partial charge on any atom is -0.324 e. The number of halogens is 1. The van der Waals surface area contributed by atoms with E-state index in [-0.39, 0.29) is 6.04 Å². The Morgan fingerprint density at radius 1 is 1.57 bits per heavy atom. The van der Waals surface area contributed by atoms with E-state index in [1.807, 2.05) is 31.2 Å². The van der Waals surface area contributed by atoms with Gasteiger partial charge in [-0.25, -0.2) is 0 Å². The molecule has 0 saturated heterocycles. The zero-order valence-corrected chi connectivity index (χ0v) is 9.22. The predicted molar refractivity (Wildman–Crippen MR) is 62.5 cm³/mol. The Kier molecular flexibility index (Phi) is 4.18. The lowest BCUT2D eigenvalue weighted by atomic mass is 10.0. The number of benzene rings is 1. The Bertz CT molecular complexity index is 320. The van der Waals surface area contributed by atoms with E-state index in [1.54, 1.807) is 0 Å². The number of hydrogen-bond acceptors (Lipinski definition) is 1. The highest BCUT2D eigenvalue weighted by atomic mass is 35.5. The first-order chi connectivity index (χ1) is 6.65. The van der Waals surface area contributed by atoms with Crippen molar-refractivity contribution in [2.75, 3.05) is 0 Å². The molecule has 2 heteroatoms. The molecule has 0 aliphatic carbocycles. The van der Waals surface area contributed by atoms with Crippen molar-refractivity contribution in [2.45, 2.75) is 25.8 Å². The van der Waals surface area contributed by atoms with Gasteiger partial charge in [-0.3, -0.25) is 0 Å². The van der Waals surface area contributed by atoms with Crippen LogP contribution < -0.4 is 5.73 Å². The van der Waals surface area contributed by atoms with Gasteiger partial charge in [0.1, 0.15) is 0 Å². The summed E-state index contributed by atoms with van der Waals surface area (Å²) in [5.41, 5.74) is 8.18. The molecule has 1 aromatic rings. The van der Waals surface area contributed by atoms with Crippen molar-refractivity contribution >= 4 is 11.6 Å². The molecule has 0 aromatic heterocycles. The van der Waals surface area contributed by atoms with Crippen molar-refractivity contribution in [3.05, 3.63) is 47.0 Å². The molecule has 0 amide bonds. The first-order valence-corrected chi connectivity index (χ1v) is 5.15. The summed E-state index contributed by atoms with van der Waals surface area (Å²) >= 11 is 6.02. The molecule has 1 atom stereocenters. The zero-order chi connectivity index (χ0) is 10.6. The summed E-state index contributed by atoms with van der Waals surface area (Å²) in [6, 6.07) is 6.05. The largest absolute Gasteiger partial charge is 0.324 e. The van der Waals surface area contributed by atoms with E-state index < -0.39 is 0 Å². The molecule has 0 saturated carbocycles. The first kappa shape index (κ1) is 11.3. The standard InChI is InChI=1S/C12H16ClN/c1-3-4-5-12(14)10-7-6-9(2)11(13)8-10/h3,6-8,12H,1,4-5,14H2,2H3/t12-/m1/s1. The van der Waals surface area contributed by atoms with E-state index in [0.29, 0.717) is 0 Å². The van der Waals surface area contributed by atoms with Crippen LogP contribution in [0.3, 0.4) is 0 Å². The average molecular weight is 210 g/mol. The first-order valence-electron chi connectivity index (χ1n) is 4.77. The van der Waals surface area contributed by atoms with Crippen LogP contribution >= 0.6 is 11.6 Å². The van der Waals surface area contributed by atoms with E-state index >= 15 is 0 Å². The molecule has 1 nitrogen and oxygen atoms in total. The minimum atomic E-state index is 0.0612. The molecular formula is C12H16ClN. The zero-order valence-electron chi connectivity index (χ0n) is 8.46. The summed E-state index contributed by atoms with van der Waals surface area (Å²) in [5, 5.41) is 0.788. The highest BCUT2D eigenvalue weighted by molar-refractivity contribution is 6.31. The normalized spacial score (nSPS) is 12.5. The number of rotatable bonds is 4. The Hall–Kier alpha value is -0.790.